The molecule has 27 heavy (non-hydrogen) atoms. The number of nitrogens with zero attached hydrogens (tertiary/aromatic N) is 2. The Morgan fingerprint density at radius 2 is 2.00 bits per heavy atom. The molecule has 1 N–H and O–H groups in total. The summed E-state index contributed by atoms with van der Waals surface area (Å²) < 4.78 is 32.8. The van der Waals surface area contributed by atoms with Crippen LogP contribution < -0.4 is 5.32 Å². The van der Waals surface area contributed by atoms with Crippen LogP contribution in [0.4, 0.5) is 14.5 Å². The van der Waals surface area contributed by atoms with Gasteiger partial charge in [-0.15, -0.1) is 0 Å². The van der Waals surface area contributed by atoms with Gasteiger partial charge in [-0.3, -0.25) is 4.79 Å². The topological polar surface area (TPSA) is 68.0 Å². The zero-order valence-corrected chi connectivity index (χ0v) is 14.9. The van der Waals surface area contributed by atoms with Crippen molar-refractivity contribution in [3.8, 4) is 0 Å². The molecule has 2 aromatic carbocycles. The smallest absolute Gasteiger partial charge is 0.237 e. The summed E-state index contributed by atoms with van der Waals surface area (Å²) in [7, 11) is 0. The Hall–Kier alpha value is -3.00. The van der Waals surface area contributed by atoms with Crippen molar-refractivity contribution in [2.45, 2.75) is 17.2 Å². The highest BCUT2D eigenvalue weighted by Gasteiger charge is 2.21. The lowest BCUT2D eigenvalue weighted by molar-refractivity contribution is -0.115. The number of hydrogen-bond acceptors (Lipinski definition) is 5. The number of rotatable bonds is 4. The molecule has 0 aliphatic carbocycles. The number of fused-ring (bicyclic) bond motifs is 3. The van der Waals surface area contributed by atoms with Gasteiger partial charge in [0.1, 0.15) is 34.1 Å². The van der Waals surface area contributed by atoms with E-state index in [1.54, 1.807) is 6.92 Å². The number of carbonyl (C=O) groups is 1. The third-order valence-electron chi connectivity index (χ3n) is 3.97. The van der Waals surface area contributed by atoms with E-state index in [0.29, 0.717) is 21.7 Å². The molecular formula is C19H13F2N3O2S. The van der Waals surface area contributed by atoms with Crippen molar-refractivity contribution in [2.24, 2.45) is 0 Å². The molecule has 0 spiro atoms. The van der Waals surface area contributed by atoms with Gasteiger partial charge >= 0.3 is 0 Å². The molecule has 0 fully saturated rings. The van der Waals surface area contributed by atoms with Crippen molar-refractivity contribution in [1.82, 2.24) is 9.97 Å². The van der Waals surface area contributed by atoms with E-state index in [4.69, 9.17) is 4.42 Å². The van der Waals surface area contributed by atoms with Crippen LogP contribution in [0.3, 0.4) is 0 Å². The Labute approximate surface area is 156 Å². The second kappa shape index (κ2) is 6.96. The number of hydrogen-bond donors (Lipinski definition) is 1. The minimum absolute atomic E-state index is 0.205. The summed E-state index contributed by atoms with van der Waals surface area (Å²) in [6.45, 7) is 1.65. The van der Waals surface area contributed by atoms with Crippen LogP contribution in [-0.4, -0.2) is 21.1 Å². The number of anilines is 1. The van der Waals surface area contributed by atoms with Crippen LogP contribution >= 0.6 is 11.8 Å². The molecular weight excluding hydrogens is 372 g/mol. The number of thioether (sulfide) groups is 1. The van der Waals surface area contributed by atoms with E-state index < -0.39 is 22.8 Å². The first kappa shape index (κ1) is 17.4. The fraction of sp³-hybridized carbons (Fsp3) is 0.105. The fourth-order valence-electron chi connectivity index (χ4n) is 2.64. The lowest BCUT2D eigenvalue weighted by Gasteiger charge is -2.12. The predicted octanol–water partition coefficient (Wildman–Crippen LogP) is 4.77. The van der Waals surface area contributed by atoms with Gasteiger partial charge in [0.15, 0.2) is 5.58 Å². The van der Waals surface area contributed by atoms with Gasteiger partial charge in [0.05, 0.1) is 10.9 Å². The van der Waals surface area contributed by atoms with E-state index in [1.165, 1.54) is 6.33 Å². The van der Waals surface area contributed by atoms with Crippen molar-refractivity contribution in [3.05, 3.63) is 60.4 Å². The molecule has 0 saturated carbocycles. The normalized spacial score (nSPS) is 12.4. The van der Waals surface area contributed by atoms with E-state index in [-0.39, 0.29) is 5.69 Å². The van der Waals surface area contributed by atoms with Crippen LogP contribution in [0.15, 0.2) is 58.2 Å². The second-order valence-corrected chi connectivity index (χ2v) is 7.16. The standard InChI is InChI=1S/C19H13F2N3O2S/c1-10(18(25)24-14-8-11(20)6-7-13(14)21)27-19-17-16(22-9-23-19)12-4-2-3-5-15(12)26-17/h2-10H,1H3,(H,24,25)/t10-/m1/s1. The van der Waals surface area contributed by atoms with E-state index in [0.717, 1.165) is 35.3 Å². The summed E-state index contributed by atoms with van der Waals surface area (Å²) >= 11 is 1.15. The van der Waals surface area contributed by atoms with Crippen molar-refractivity contribution >= 4 is 45.4 Å². The molecule has 4 rings (SSSR count). The number of para-hydroxylation sites is 1. The number of nitrogens with one attached hydrogen (secondary N) is 1. The summed E-state index contributed by atoms with van der Waals surface area (Å²) in [5.74, 6) is -1.82. The Kier molecular flexibility index (Phi) is 4.49. The summed E-state index contributed by atoms with van der Waals surface area (Å²) in [6, 6.07) is 10.4. The van der Waals surface area contributed by atoms with Gasteiger partial charge in [-0.1, -0.05) is 23.9 Å². The molecule has 0 aliphatic rings. The summed E-state index contributed by atoms with van der Waals surface area (Å²) in [6.07, 6.45) is 1.41. The van der Waals surface area contributed by atoms with Crippen molar-refractivity contribution in [2.75, 3.05) is 5.32 Å². The van der Waals surface area contributed by atoms with Gasteiger partial charge < -0.3 is 9.73 Å². The molecule has 2 heterocycles. The Morgan fingerprint density at radius 1 is 1.19 bits per heavy atom. The van der Waals surface area contributed by atoms with E-state index in [2.05, 4.69) is 15.3 Å². The Morgan fingerprint density at radius 3 is 2.85 bits per heavy atom. The molecule has 1 amide bonds. The first-order chi connectivity index (χ1) is 13.0. The molecule has 0 unspecified atom stereocenters. The van der Waals surface area contributed by atoms with Crippen LogP contribution in [0, 0.1) is 11.6 Å². The molecule has 1 atom stereocenters. The quantitative estimate of drug-likeness (QED) is 0.405. The number of furan rings is 1. The molecule has 0 aliphatic heterocycles. The molecule has 5 nitrogen and oxygen atoms in total. The van der Waals surface area contributed by atoms with Crippen LogP contribution in [0.1, 0.15) is 6.92 Å². The van der Waals surface area contributed by atoms with Gasteiger partial charge in [0.25, 0.3) is 0 Å². The second-order valence-electron chi connectivity index (χ2n) is 5.83. The number of halogens is 2. The van der Waals surface area contributed by atoms with Gasteiger partial charge in [-0.2, -0.15) is 0 Å². The minimum atomic E-state index is -0.705. The van der Waals surface area contributed by atoms with Crippen LogP contribution in [-0.2, 0) is 4.79 Å². The van der Waals surface area contributed by atoms with E-state index in [9.17, 15) is 13.6 Å². The lowest BCUT2D eigenvalue weighted by Crippen LogP contribution is -2.23. The largest absolute Gasteiger partial charge is 0.451 e. The predicted molar refractivity (Wildman–Crippen MR) is 99.6 cm³/mol. The van der Waals surface area contributed by atoms with E-state index in [1.807, 2.05) is 24.3 Å². The molecule has 0 radical (unpaired) electrons. The van der Waals surface area contributed by atoms with Crippen LogP contribution in [0.5, 0.6) is 0 Å². The van der Waals surface area contributed by atoms with Crippen molar-refractivity contribution < 1.29 is 18.0 Å². The Balaban J connectivity index is 1.60. The average molecular weight is 385 g/mol. The maximum atomic E-state index is 13.7. The molecule has 2 aromatic heterocycles. The number of amides is 1. The highest BCUT2D eigenvalue weighted by molar-refractivity contribution is 8.00. The minimum Gasteiger partial charge on any atom is -0.451 e. The number of aromatic nitrogens is 2. The lowest BCUT2D eigenvalue weighted by atomic mass is 10.2. The van der Waals surface area contributed by atoms with E-state index >= 15 is 0 Å². The van der Waals surface area contributed by atoms with Gasteiger partial charge in [0.2, 0.25) is 5.91 Å². The molecule has 8 heteroatoms. The highest BCUT2D eigenvalue weighted by atomic mass is 32.2. The average Bonchev–Trinajstić information content (AvgIpc) is 3.04. The van der Waals surface area contributed by atoms with Crippen LogP contribution in [0.2, 0.25) is 0 Å². The van der Waals surface area contributed by atoms with Crippen molar-refractivity contribution in [3.63, 3.8) is 0 Å². The van der Waals surface area contributed by atoms with Gasteiger partial charge in [-0.05, 0) is 31.2 Å². The SMILES string of the molecule is C[C@@H](Sc1ncnc2c1oc1ccccc12)C(=O)Nc1cc(F)ccc1F. The maximum Gasteiger partial charge on any atom is 0.237 e. The van der Waals surface area contributed by atoms with Crippen molar-refractivity contribution in [1.29, 1.82) is 0 Å². The first-order valence-electron chi connectivity index (χ1n) is 8.08. The highest BCUT2D eigenvalue weighted by Crippen LogP contribution is 2.34. The summed E-state index contributed by atoms with van der Waals surface area (Å²) in [4.78, 5) is 20.9. The molecule has 0 saturated heterocycles. The van der Waals surface area contributed by atoms with Crippen LogP contribution in [0.25, 0.3) is 22.1 Å². The summed E-state index contributed by atoms with van der Waals surface area (Å²) in [5.41, 5.74) is 1.62. The first-order valence-corrected chi connectivity index (χ1v) is 8.95. The molecule has 136 valence electrons. The zero-order valence-electron chi connectivity index (χ0n) is 14.1. The third kappa shape index (κ3) is 3.35. The number of carbonyl (C=O) groups excluding carboxylic acids is 1. The Bertz CT molecular complexity index is 1160. The van der Waals surface area contributed by atoms with Gasteiger partial charge in [0, 0.05) is 11.5 Å². The monoisotopic (exact) mass is 385 g/mol. The number of benzene rings is 2. The fourth-order valence-corrected chi connectivity index (χ4v) is 3.49. The maximum absolute atomic E-state index is 13.7. The third-order valence-corrected chi connectivity index (χ3v) is 5.05. The zero-order chi connectivity index (χ0) is 19.0. The summed E-state index contributed by atoms with van der Waals surface area (Å²) in [5, 5.41) is 3.13. The molecule has 0 bridgehead atoms. The van der Waals surface area contributed by atoms with Gasteiger partial charge in [-0.25, -0.2) is 18.7 Å². The molecule has 4 aromatic rings.